The standard InChI is InChI=1S/C14H14N2O3/c1-10(16-8-4-7-15-16)14(19-11(2)17)12-5-3-6-13(18)9-12/h3-9,14,18H,1H2,2H3. The van der Waals surface area contributed by atoms with E-state index in [9.17, 15) is 9.90 Å². The molecule has 5 heteroatoms. The monoisotopic (exact) mass is 258 g/mol. The van der Waals surface area contributed by atoms with Gasteiger partial charge in [-0.25, -0.2) is 4.68 Å². The predicted molar refractivity (Wildman–Crippen MR) is 70.2 cm³/mol. The molecule has 2 aromatic rings. The van der Waals surface area contributed by atoms with Gasteiger partial charge in [-0.2, -0.15) is 5.10 Å². The first-order chi connectivity index (χ1) is 9.08. The zero-order chi connectivity index (χ0) is 13.8. The Morgan fingerprint density at radius 1 is 1.47 bits per heavy atom. The summed E-state index contributed by atoms with van der Waals surface area (Å²) in [6.45, 7) is 5.22. The lowest BCUT2D eigenvalue weighted by Gasteiger charge is -2.20. The molecule has 0 radical (unpaired) electrons. The molecule has 1 unspecified atom stereocenters. The third kappa shape index (κ3) is 3.01. The van der Waals surface area contributed by atoms with E-state index in [2.05, 4.69) is 11.7 Å². The van der Waals surface area contributed by atoms with Crippen molar-refractivity contribution in [2.75, 3.05) is 0 Å². The summed E-state index contributed by atoms with van der Waals surface area (Å²) in [5, 5.41) is 13.6. The zero-order valence-electron chi connectivity index (χ0n) is 10.5. The Labute approximate surface area is 110 Å². The summed E-state index contributed by atoms with van der Waals surface area (Å²) in [7, 11) is 0. The Morgan fingerprint density at radius 2 is 2.26 bits per heavy atom. The second kappa shape index (κ2) is 5.39. The molecule has 0 aliphatic heterocycles. The van der Waals surface area contributed by atoms with Crippen LogP contribution in [0.4, 0.5) is 0 Å². The molecule has 1 N–H and O–H groups in total. The van der Waals surface area contributed by atoms with Crippen LogP contribution < -0.4 is 0 Å². The highest BCUT2D eigenvalue weighted by Gasteiger charge is 2.20. The molecule has 0 saturated heterocycles. The lowest BCUT2D eigenvalue weighted by molar-refractivity contribution is -0.144. The number of aromatic nitrogens is 2. The van der Waals surface area contributed by atoms with Gasteiger partial charge in [0, 0.05) is 24.9 Å². The Morgan fingerprint density at radius 3 is 2.84 bits per heavy atom. The van der Waals surface area contributed by atoms with Crippen LogP contribution in [0.5, 0.6) is 5.75 Å². The molecule has 0 bridgehead atoms. The lowest BCUT2D eigenvalue weighted by atomic mass is 10.1. The van der Waals surface area contributed by atoms with Gasteiger partial charge in [0.05, 0.1) is 5.70 Å². The molecule has 5 nitrogen and oxygen atoms in total. The van der Waals surface area contributed by atoms with Crippen LogP contribution in [-0.2, 0) is 9.53 Å². The third-order valence-corrected chi connectivity index (χ3v) is 2.56. The number of phenolic OH excluding ortho intramolecular Hbond substituents is 1. The predicted octanol–water partition coefficient (Wildman–Crippen LogP) is 2.36. The number of carbonyl (C=O) groups is 1. The first kappa shape index (κ1) is 12.9. The molecule has 0 amide bonds. The van der Waals surface area contributed by atoms with E-state index < -0.39 is 12.1 Å². The van der Waals surface area contributed by atoms with Crippen molar-refractivity contribution in [3.63, 3.8) is 0 Å². The first-order valence-electron chi connectivity index (χ1n) is 5.73. The zero-order valence-corrected chi connectivity index (χ0v) is 10.5. The van der Waals surface area contributed by atoms with Crippen LogP contribution in [0.3, 0.4) is 0 Å². The quantitative estimate of drug-likeness (QED) is 0.855. The molecular weight excluding hydrogens is 244 g/mol. The van der Waals surface area contributed by atoms with Gasteiger partial charge in [-0.15, -0.1) is 0 Å². The number of nitrogens with zero attached hydrogens (tertiary/aromatic N) is 2. The number of rotatable bonds is 4. The second-order valence-electron chi connectivity index (χ2n) is 4.03. The summed E-state index contributed by atoms with van der Waals surface area (Å²) in [6.07, 6.45) is 2.63. The minimum Gasteiger partial charge on any atom is -0.508 e. The first-order valence-corrected chi connectivity index (χ1v) is 5.73. The van der Waals surface area contributed by atoms with E-state index in [0.29, 0.717) is 11.3 Å². The highest BCUT2D eigenvalue weighted by molar-refractivity contribution is 5.68. The van der Waals surface area contributed by atoms with E-state index >= 15 is 0 Å². The van der Waals surface area contributed by atoms with Crippen LogP contribution in [0, 0.1) is 0 Å². The number of hydrogen-bond donors (Lipinski definition) is 1. The van der Waals surface area contributed by atoms with Crippen LogP contribution in [0.25, 0.3) is 5.70 Å². The smallest absolute Gasteiger partial charge is 0.303 e. The molecular formula is C14H14N2O3. The number of esters is 1. The van der Waals surface area contributed by atoms with Crippen molar-refractivity contribution in [3.05, 3.63) is 54.9 Å². The Hall–Kier alpha value is -2.56. The molecule has 1 heterocycles. The summed E-state index contributed by atoms with van der Waals surface area (Å²) in [5.41, 5.74) is 1.13. The van der Waals surface area contributed by atoms with Crippen molar-refractivity contribution in [3.8, 4) is 5.75 Å². The maximum absolute atomic E-state index is 11.2. The van der Waals surface area contributed by atoms with Gasteiger partial charge in [0.1, 0.15) is 5.75 Å². The van der Waals surface area contributed by atoms with Gasteiger partial charge in [-0.05, 0) is 18.2 Å². The summed E-state index contributed by atoms with van der Waals surface area (Å²) in [5.74, 6) is -0.329. The van der Waals surface area contributed by atoms with Crippen LogP contribution in [0.1, 0.15) is 18.6 Å². The highest BCUT2D eigenvalue weighted by Crippen LogP contribution is 2.29. The van der Waals surface area contributed by atoms with Crippen LogP contribution in [-0.4, -0.2) is 20.9 Å². The molecule has 98 valence electrons. The van der Waals surface area contributed by atoms with Gasteiger partial charge in [-0.1, -0.05) is 18.7 Å². The fourth-order valence-corrected chi connectivity index (χ4v) is 1.74. The molecule has 1 aromatic heterocycles. The van der Waals surface area contributed by atoms with Crippen LogP contribution in [0.15, 0.2) is 49.3 Å². The van der Waals surface area contributed by atoms with E-state index in [0.717, 1.165) is 0 Å². The molecule has 0 aliphatic carbocycles. The van der Waals surface area contributed by atoms with Gasteiger partial charge in [0.25, 0.3) is 0 Å². The van der Waals surface area contributed by atoms with Crippen molar-refractivity contribution in [2.24, 2.45) is 0 Å². The average Bonchev–Trinajstić information content (AvgIpc) is 2.88. The molecule has 0 aliphatic rings. The molecule has 0 spiro atoms. The van der Waals surface area contributed by atoms with Gasteiger partial charge < -0.3 is 9.84 Å². The van der Waals surface area contributed by atoms with Crippen LogP contribution >= 0.6 is 0 Å². The van der Waals surface area contributed by atoms with Gasteiger partial charge in [0.2, 0.25) is 0 Å². The Bertz CT molecular complexity index is 590. The summed E-state index contributed by atoms with van der Waals surface area (Å²) in [4.78, 5) is 11.2. The van der Waals surface area contributed by atoms with E-state index in [1.165, 1.54) is 17.7 Å². The molecule has 1 atom stereocenters. The summed E-state index contributed by atoms with van der Waals surface area (Å²) < 4.78 is 6.79. The van der Waals surface area contributed by atoms with Crippen molar-refractivity contribution in [1.29, 1.82) is 0 Å². The second-order valence-corrected chi connectivity index (χ2v) is 4.03. The van der Waals surface area contributed by atoms with E-state index in [1.54, 1.807) is 36.7 Å². The topological polar surface area (TPSA) is 64.3 Å². The van der Waals surface area contributed by atoms with E-state index in [4.69, 9.17) is 4.74 Å². The average molecular weight is 258 g/mol. The van der Waals surface area contributed by atoms with E-state index in [1.807, 2.05) is 0 Å². The summed E-state index contributed by atoms with van der Waals surface area (Å²) in [6, 6.07) is 8.26. The van der Waals surface area contributed by atoms with Crippen molar-refractivity contribution in [2.45, 2.75) is 13.0 Å². The summed E-state index contributed by atoms with van der Waals surface area (Å²) >= 11 is 0. The number of aromatic hydroxyl groups is 1. The Balaban J connectivity index is 2.36. The minimum atomic E-state index is -0.690. The van der Waals surface area contributed by atoms with Crippen LogP contribution in [0.2, 0.25) is 0 Å². The maximum atomic E-state index is 11.2. The van der Waals surface area contributed by atoms with Gasteiger partial charge >= 0.3 is 5.97 Å². The Kier molecular flexibility index (Phi) is 3.66. The molecule has 0 fully saturated rings. The highest BCUT2D eigenvalue weighted by atomic mass is 16.5. The largest absolute Gasteiger partial charge is 0.508 e. The number of hydrogen-bond acceptors (Lipinski definition) is 4. The number of phenols is 1. The fourth-order valence-electron chi connectivity index (χ4n) is 1.74. The molecule has 1 aromatic carbocycles. The normalized spacial score (nSPS) is 11.8. The van der Waals surface area contributed by atoms with Crippen molar-refractivity contribution in [1.82, 2.24) is 9.78 Å². The maximum Gasteiger partial charge on any atom is 0.303 e. The number of carbonyl (C=O) groups excluding carboxylic acids is 1. The van der Waals surface area contributed by atoms with E-state index in [-0.39, 0.29) is 5.75 Å². The van der Waals surface area contributed by atoms with Crippen molar-refractivity contribution < 1.29 is 14.6 Å². The lowest BCUT2D eigenvalue weighted by Crippen LogP contribution is -2.14. The SMILES string of the molecule is C=C(C(OC(C)=O)c1cccc(O)c1)n1cccn1. The molecule has 2 rings (SSSR count). The van der Waals surface area contributed by atoms with Gasteiger partial charge in [0.15, 0.2) is 6.10 Å². The molecule has 19 heavy (non-hydrogen) atoms. The molecule has 0 saturated carbocycles. The number of benzene rings is 1. The van der Waals surface area contributed by atoms with Crippen molar-refractivity contribution >= 4 is 11.7 Å². The fraction of sp³-hybridized carbons (Fsp3) is 0.143. The number of ether oxygens (including phenoxy) is 1. The van der Waals surface area contributed by atoms with Gasteiger partial charge in [-0.3, -0.25) is 4.79 Å². The third-order valence-electron chi connectivity index (χ3n) is 2.56. The minimum absolute atomic E-state index is 0.0999.